The van der Waals surface area contributed by atoms with Crippen molar-refractivity contribution in [1.29, 1.82) is 0 Å². The number of amides is 1. The number of aromatic nitrogens is 1. The summed E-state index contributed by atoms with van der Waals surface area (Å²) < 4.78 is 14.4. The van der Waals surface area contributed by atoms with Gasteiger partial charge in [-0.2, -0.15) is 0 Å². The Bertz CT molecular complexity index is 868. The van der Waals surface area contributed by atoms with Crippen LogP contribution in [0.15, 0.2) is 35.4 Å². The fraction of sp³-hybridized carbons (Fsp3) is 0.333. The van der Waals surface area contributed by atoms with Gasteiger partial charge in [-0.05, 0) is 31.9 Å². The Morgan fingerprint density at radius 2 is 2.09 bits per heavy atom. The third kappa shape index (κ3) is 1.89. The van der Waals surface area contributed by atoms with Gasteiger partial charge in [0.25, 0.3) is 5.91 Å². The van der Waals surface area contributed by atoms with Gasteiger partial charge in [-0.15, -0.1) is 0 Å². The van der Waals surface area contributed by atoms with Gasteiger partial charge in [-0.1, -0.05) is 12.5 Å². The van der Waals surface area contributed by atoms with E-state index in [1.807, 2.05) is 0 Å². The van der Waals surface area contributed by atoms with Gasteiger partial charge in [-0.3, -0.25) is 9.59 Å². The molecular formula is C18H17FN2O2. The smallest absolute Gasteiger partial charge is 0.263 e. The number of benzene rings is 1. The van der Waals surface area contributed by atoms with Crippen LogP contribution in [0, 0.1) is 12.7 Å². The van der Waals surface area contributed by atoms with Gasteiger partial charge in [0.05, 0.1) is 5.69 Å². The predicted molar refractivity (Wildman–Crippen MR) is 85.4 cm³/mol. The summed E-state index contributed by atoms with van der Waals surface area (Å²) >= 11 is 0. The first-order valence-corrected chi connectivity index (χ1v) is 7.82. The first kappa shape index (κ1) is 14.2. The van der Waals surface area contributed by atoms with Crippen LogP contribution in [0.25, 0.3) is 0 Å². The maximum Gasteiger partial charge on any atom is 0.263 e. The van der Waals surface area contributed by atoms with E-state index in [1.165, 1.54) is 12.3 Å². The number of hydrogen-bond acceptors (Lipinski definition) is 2. The molecule has 2 heterocycles. The number of hydrogen-bond donors (Lipinski definition) is 1. The van der Waals surface area contributed by atoms with E-state index in [2.05, 4.69) is 4.98 Å². The van der Waals surface area contributed by atoms with E-state index in [1.54, 1.807) is 30.2 Å². The van der Waals surface area contributed by atoms with Gasteiger partial charge in [0.15, 0.2) is 5.43 Å². The summed E-state index contributed by atoms with van der Waals surface area (Å²) in [6.45, 7) is 2.12. The normalized spacial score (nSPS) is 17.9. The van der Waals surface area contributed by atoms with E-state index in [-0.39, 0.29) is 28.1 Å². The highest BCUT2D eigenvalue weighted by molar-refractivity contribution is 6.07. The Hall–Kier alpha value is -2.43. The highest BCUT2D eigenvalue weighted by Gasteiger charge is 2.50. The zero-order valence-corrected chi connectivity index (χ0v) is 12.9. The number of halogens is 1. The minimum Gasteiger partial charge on any atom is -0.366 e. The molecule has 5 heteroatoms. The maximum absolute atomic E-state index is 14.4. The number of H-pyrrole nitrogens is 1. The van der Waals surface area contributed by atoms with E-state index in [0.29, 0.717) is 23.4 Å². The highest BCUT2D eigenvalue weighted by Crippen LogP contribution is 2.53. The van der Waals surface area contributed by atoms with Crippen LogP contribution in [0.5, 0.6) is 0 Å². The molecule has 1 aromatic heterocycles. The molecule has 1 aliphatic carbocycles. The molecule has 118 valence electrons. The van der Waals surface area contributed by atoms with Crippen molar-refractivity contribution in [3.05, 3.63) is 63.3 Å². The number of nitrogens with one attached hydrogen (secondary N) is 1. The number of carbonyl (C=O) groups excluding carboxylic acids is 1. The second-order valence-corrected chi connectivity index (χ2v) is 6.54. The fourth-order valence-electron chi connectivity index (χ4n) is 3.82. The monoisotopic (exact) mass is 312 g/mol. The molecule has 4 nitrogen and oxygen atoms in total. The molecule has 2 aliphatic rings. The van der Waals surface area contributed by atoms with E-state index in [9.17, 15) is 14.0 Å². The lowest BCUT2D eigenvalue weighted by molar-refractivity contribution is 0.0977. The lowest BCUT2D eigenvalue weighted by Gasteiger charge is -2.39. The van der Waals surface area contributed by atoms with E-state index < -0.39 is 0 Å². The van der Waals surface area contributed by atoms with Gasteiger partial charge in [0, 0.05) is 35.5 Å². The summed E-state index contributed by atoms with van der Waals surface area (Å²) in [6, 6.07) is 4.84. The standard InChI is InChI=1S/C18H17FN2O2/c1-11-8-20-9-12(16(11)22)17(23)21-10-18(6-3-7-18)15-13(19)4-2-5-14(15)21/h2,4-5,8-9H,3,6-7,10H2,1H3,(H,20,22). The van der Waals surface area contributed by atoms with Crippen LogP contribution < -0.4 is 10.3 Å². The number of fused-ring (bicyclic) bond motifs is 2. The topological polar surface area (TPSA) is 53.2 Å². The lowest BCUT2D eigenvalue weighted by atomic mass is 9.65. The number of aryl methyl sites for hydroxylation is 1. The number of anilines is 1. The minimum atomic E-state index is -0.356. The van der Waals surface area contributed by atoms with Gasteiger partial charge >= 0.3 is 0 Å². The van der Waals surface area contributed by atoms with Crippen LogP contribution in [0.1, 0.15) is 40.7 Å². The Labute approximate surface area is 132 Å². The Kier molecular flexibility index (Phi) is 2.95. The largest absolute Gasteiger partial charge is 0.366 e. The molecule has 1 aromatic carbocycles. The van der Waals surface area contributed by atoms with Gasteiger partial charge < -0.3 is 9.88 Å². The van der Waals surface area contributed by atoms with Crippen molar-refractivity contribution in [1.82, 2.24) is 4.98 Å². The number of pyridine rings is 1. The summed E-state index contributed by atoms with van der Waals surface area (Å²) in [6.07, 6.45) is 5.82. The molecule has 23 heavy (non-hydrogen) atoms. The second-order valence-electron chi connectivity index (χ2n) is 6.54. The van der Waals surface area contributed by atoms with Gasteiger partial charge in [0.1, 0.15) is 11.4 Å². The summed E-state index contributed by atoms with van der Waals surface area (Å²) in [5.41, 5.74) is 1.30. The third-order valence-corrected chi connectivity index (χ3v) is 5.19. The third-order valence-electron chi connectivity index (χ3n) is 5.19. The fourth-order valence-corrected chi connectivity index (χ4v) is 3.82. The van der Waals surface area contributed by atoms with E-state index >= 15 is 0 Å². The van der Waals surface area contributed by atoms with Crippen LogP contribution in [0.3, 0.4) is 0 Å². The molecule has 1 fully saturated rings. The molecule has 1 N–H and O–H groups in total. The van der Waals surface area contributed by atoms with Crippen LogP contribution in [0.4, 0.5) is 10.1 Å². The second kappa shape index (κ2) is 4.78. The summed E-state index contributed by atoms with van der Waals surface area (Å²) in [7, 11) is 0. The Balaban J connectivity index is 1.83. The van der Waals surface area contributed by atoms with Crippen molar-refractivity contribution in [3.63, 3.8) is 0 Å². The number of nitrogens with zero attached hydrogens (tertiary/aromatic N) is 1. The summed E-state index contributed by atoms with van der Waals surface area (Å²) in [5, 5.41) is 0. The van der Waals surface area contributed by atoms with Crippen molar-refractivity contribution in [2.45, 2.75) is 31.6 Å². The zero-order chi connectivity index (χ0) is 16.2. The SMILES string of the molecule is Cc1c[nH]cc(C(=O)N2CC3(CCC3)c3c(F)cccc32)c1=O. The van der Waals surface area contributed by atoms with Crippen molar-refractivity contribution < 1.29 is 9.18 Å². The molecule has 1 amide bonds. The van der Waals surface area contributed by atoms with Crippen LogP contribution in [-0.4, -0.2) is 17.4 Å². The molecule has 0 atom stereocenters. The molecular weight excluding hydrogens is 295 g/mol. The molecule has 1 saturated carbocycles. The number of aromatic amines is 1. The first-order valence-electron chi connectivity index (χ1n) is 7.82. The van der Waals surface area contributed by atoms with Crippen molar-refractivity contribution >= 4 is 11.6 Å². The molecule has 1 spiro atoms. The molecule has 1 aliphatic heterocycles. The van der Waals surface area contributed by atoms with Gasteiger partial charge in [-0.25, -0.2) is 4.39 Å². The minimum absolute atomic E-state index is 0.108. The molecule has 0 saturated heterocycles. The zero-order valence-electron chi connectivity index (χ0n) is 12.9. The first-order chi connectivity index (χ1) is 11.0. The Morgan fingerprint density at radius 1 is 1.30 bits per heavy atom. The number of carbonyl (C=O) groups is 1. The summed E-state index contributed by atoms with van der Waals surface area (Å²) in [4.78, 5) is 29.6. The maximum atomic E-state index is 14.4. The molecule has 2 aromatic rings. The quantitative estimate of drug-likeness (QED) is 0.880. The van der Waals surface area contributed by atoms with E-state index in [4.69, 9.17) is 0 Å². The average molecular weight is 312 g/mol. The lowest BCUT2D eigenvalue weighted by Crippen LogP contribution is -2.42. The highest BCUT2D eigenvalue weighted by atomic mass is 19.1. The van der Waals surface area contributed by atoms with Crippen molar-refractivity contribution in [3.8, 4) is 0 Å². The molecule has 0 radical (unpaired) electrons. The number of rotatable bonds is 1. The Morgan fingerprint density at radius 3 is 2.78 bits per heavy atom. The molecule has 0 unspecified atom stereocenters. The molecule has 0 bridgehead atoms. The van der Waals surface area contributed by atoms with Crippen molar-refractivity contribution in [2.75, 3.05) is 11.4 Å². The molecule has 4 rings (SSSR count). The van der Waals surface area contributed by atoms with Crippen LogP contribution >= 0.6 is 0 Å². The van der Waals surface area contributed by atoms with Crippen LogP contribution in [0.2, 0.25) is 0 Å². The van der Waals surface area contributed by atoms with E-state index in [0.717, 1.165) is 19.3 Å². The summed E-state index contributed by atoms with van der Waals surface area (Å²) in [5.74, 6) is -0.610. The average Bonchev–Trinajstić information content (AvgIpc) is 2.86. The predicted octanol–water partition coefficient (Wildman–Crippen LogP) is 2.90. The van der Waals surface area contributed by atoms with Crippen LogP contribution in [-0.2, 0) is 5.41 Å². The van der Waals surface area contributed by atoms with Gasteiger partial charge in [0.2, 0.25) is 0 Å². The van der Waals surface area contributed by atoms with Crippen molar-refractivity contribution in [2.24, 2.45) is 0 Å².